The van der Waals surface area contributed by atoms with Crippen LogP contribution in [0.4, 0.5) is 4.39 Å². The lowest BCUT2D eigenvalue weighted by molar-refractivity contribution is 0.0687. The summed E-state index contributed by atoms with van der Waals surface area (Å²) >= 11 is 5.39. The third-order valence-corrected chi connectivity index (χ3v) is 8.01. The molecule has 0 saturated heterocycles. The molecule has 0 aromatic heterocycles. The maximum Gasteiger partial charge on any atom is 0.347 e. The summed E-state index contributed by atoms with van der Waals surface area (Å²) in [5.41, 5.74) is -0.973. The van der Waals surface area contributed by atoms with Crippen molar-refractivity contribution in [1.82, 2.24) is 0 Å². The fourth-order valence-electron chi connectivity index (χ4n) is 2.57. The highest BCUT2D eigenvalue weighted by molar-refractivity contribution is 14.1. The van der Waals surface area contributed by atoms with E-state index >= 15 is 0 Å². The number of halogens is 4. The predicted molar refractivity (Wildman–Crippen MR) is 137 cm³/mol. The van der Waals surface area contributed by atoms with E-state index in [9.17, 15) is 27.0 Å². The Bertz CT molecular complexity index is 1300. The van der Waals surface area contributed by atoms with Crippen LogP contribution in [0.15, 0.2) is 59.5 Å². The molecule has 1 N–H and O–H groups in total. The summed E-state index contributed by atoms with van der Waals surface area (Å²) in [7, 11) is -4.50. The average molecular weight is 794 g/mol. The molecule has 0 bridgehead atoms. The summed E-state index contributed by atoms with van der Waals surface area (Å²) < 4.78 is 58.4. The number of carbonyl (C=O) groups excluding carboxylic acids is 2. The van der Waals surface area contributed by atoms with E-state index < -0.39 is 33.4 Å². The molecule has 0 fully saturated rings. The van der Waals surface area contributed by atoms with Crippen LogP contribution >= 0.6 is 67.8 Å². The van der Waals surface area contributed by atoms with Crippen LogP contribution in [0.3, 0.4) is 0 Å². The summed E-state index contributed by atoms with van der Waals surface area (Å²) in [6, 6.07) is 12.4. The van der Waals surface area contributed by atoms with Gasteiger partial charge in [0.1, 0.15) is 27.8 Å². The van der Waals surface area contributed by atoms with Crippen LogP contribution in [0.2, 0.25) is 0 Å². The van der Waals surface area contributed by atoms with Crippen LogP contribution < -0.4 is 9.47 Å². The van der Waals surface area contributed by atoms with Crippen molar-refractivity contribution in [3.8, 4) is 11.5 Å². The minimum atomic E-state index is -4.50. The van der Waals surface area contributed by atoms with Crippen LogP contribution in [0.5, 0.6) is 11.5 Å². The quantitative estimate of drug-likeness (QED) is 0.161. The minimum absolute atomic E-state index is 0.0895. The van der Waals surface area contributed by atoms with E-state index in [1.165, 1.54) is 24.3 Å². The van der Waals surface area contributed by atoms with Crippen LogP contribution in [0.25, 0.3) is 0 Å². The molecule has 3 aromatic rings. The van der Waals surface area contributed by atoms with E-state index in [2.05, 4.69) is 22.6 Å². The largest absolute Gasteiger partial charge is 0.423 e. The third-order valence-electron chi connectivity index (χ3n) is 3.90. The second kappa shape index (κ2) is 10.3. The average Bonchev–Trinajstić information content (AvgIpc) is 2.67. The second-order valence-electron chi connectivity index (χ2n) is 6.09. The van der Waals surface area contributed by atoms with Gasteiger partial charge in [-0.15, -0.1) is 0 Å². The van der Waals surface area contributed by atoms with Crippen molar-refractivity contribution in [1.29, 1.82) is 0 Å². The van der Waals surface area contributed by atoms with Gasteiger partial charge in [-0.1, -0.05) is 6.07 Å². The Balaban J connectivity index is 1.92. The molecule has 32 heavy (non-hydrogen) atoms. The van der Waals surface area contributed by atoms with Gasteiger partial charge in [-0.25, -0.2) is 14.0 Å². The van der Waals surface area contributed by atoms with Gasteiger partial charge in [-0.2, -0.15) is 8.42 Å². The molecule has 12 heteroatoms. The molecule has 0 amide bonds. The number of carbonyl (C=O) groups is 2. The molecule has 0 aliphatic rings. The maximum atomic E-state index is 14.5. The summed E-state index contributed by atoms with van der Waals surface area (Å²) in [5, 5.41) is 0. The first kappa shape index (κ1) is 25.3. The first-order valence-electron chi connectivity index (χ1n) is 8.42. The lowest BCUT2D eigenvalue weighted by atomic mass is 10.1. The normalized spacial score (nSPS) is 11.2. The minimum Gasteiger partial charge on any atom is -0.423 e. The molecule has 0 aliphatic carbocycles. The lowest BCUT2D eigenvalue weighted by Crippen LogP contribution is -2.19. The van der Waals surface area contributed by atoms with Crippen LogP contribution in [-0.4, -0.2) is 24.9 Å². The Hall–Kier alpha value is -1.37. The molecule has 0 radical (unpaired) electrons. The van der Waals surface area contributed by atoms with Gasteiger partial charge in [0.25, 0.3) is 10.1 Å². The van der Waals surface area contributed by atoms with Gasteiger partial charge in [0.05, 0.1) is 5.56 Å². The maximum absolute atomic E-state index is 14.5. The zero-order valence-corrected chi connectivity index (χ0v) is 22.8. The molecule has 0 aliphatic heterocycles. The van der Waals surface area contributed by atoms with Crippen LogP contribution in [0.1, 0.15) is 20.7 Å². The molecular weight excluding hydrogens is 784 g/mol. The molecule has 0 spiro atoms. The van der Waals surface area contributed by atoms with Gasteiger partial charge in [0.2, 0.25) is 0 Å². The predicted octanol–water partition coefficient (Wildman–Crippen LogP) is 5.32. The number of benzene rings is 3. The van der Waals surface area contributed by atoms with Gasteiger partial charge < -0.3 is 9.47 Å². The number of hydrogen-bond donors (Lipinski definition) is 1. The fourth-order valence-corrected chi connectivity index (χ4v) is 6.92. The molecule has 0 heterocycles. The number of esters is 2. The van der Waals surface area contributed by atoms with Crippen molar-refractivity contribution in [2.75, 3.05) is 0 Å². The lowest BCUT2D eigenvalue weighted by Gasteiger charge is -2.12. The van der Waals surface area contributed by atoms with E-state index in [0.29, 0.717) is 0 Å². The van der Waals surface area contributed by atoms with Crippen molar-refractivity contribution < 1.29 is 36.4 Å². The Kier molecular flexibility index (Phi) is 8.11. The first-order valence-corrected chi connectivity index (χ1v) is 13.1. The summed E-state index contributed by atoms with van der Waals surface area (Å²) in [6.07, 6.45) is 0. The Morgan fingerprint density at radius 2 is 1.41 bits per heavy atom. The zero-order valence-electron chi connectivity index (χ0n) is 15.5. The number of ether oxygens (including phenoxy) is 2. The van der Waals surface area contributed by atoms with Gasteiger partial charge in [-0.05, 0) is 116 Å². The summed E-state index contributed by atoms with van der Waals surface area (Å²) in [6.45, 7) is 0. The highest BCUT2D eigenvalue weighted by atomic mass is 127. The Labute approximate surface area is 222 Å². The topological polar surface area (TPSA) is 107 Å². The standard InChI is InChI=1S/C20H10FI3O7S/c21-14-3-1-2-13(19(25)30-11-6-4-10(22)5-7-11)17(14)20(26)31-12-8-15(23)18(16(24)9-12)32(27,28)29/h1-9H,(H,27,28,29). The summed E-state index contributed by atoms with van der Waals surface area (Å²) in [4.78, 5) is 25.0. The Morgan fingerprint density at radius 1 is 0.844 bits per heavy atom. The monoisotopic (exact) mass is 794 g/mol. The Morgan fingerprint density at radius 3 is 1.97 bits per heavy atom. The van der Waals surface area contributed by atoms with Crippen molar-refractivity contribution in [2.24, 2.45) is 0 Å². The van der Waals surface area contributed by atoms with E-state index in [1.807, 2.05) is 0 Å². The molecule has 0 atom stereocenters. The van der Waals surface area contributed by atoms with E-state index in [4.69, 9.17) is 9.47 Å². The highest BCUT2D eigenvalue weighted by Gasteiger charge is 2.26. The second-order valence-corrected chi connectivity index (χ2v) is 11.0. The van der Waals surface area contributed by atoms with E-state index in [0.717, 1.165) is 9.64 Å². The van der Waals surface area contributed by atoms with Crippen molar-refractivity contribution in [3.63, 3.8) is 0 Å². The van der Waals surface area contributed by atoms with E-state index in [-0.39, 0.29) is 29.1 Å². The van der Waals surface area contributed by atoms with Gasteiger partial charge in [0, 0.05) is 10.7 Å². The summed E-state index contributed by atoms with van der Waals surface area (Å²) in [5.74, 6) is -3.02. The van der Waals surface area contributed by atoms with Gasteiger partial charge >= 0.3 is 11.9 Å². The molecular formula is C20H10FI3O7S. The fraction of sp³-hybridized carbons (Fsp3) is 0. The molecule has 0 unspecified atom stereocenters. The molecule has 0 saturated carbocycles. The molecule has 3 rings (SSSR count). The smallest absolute Gasteiger partial charge is 0.347 e. The SMILES string of the molecule is O=C(Oc1ccc(I)cc1)c1cccc(F)c1C(=O)Oc1cc(I)c(S(=O)(=O)O)c(I)c1. The molecule has 166 valence electrons. The van der Waals surface area contributed by atoms with Crippen LogP contribution in [0, 0.1) is 16.5 Å². The van der Waals surface area contributed by atoms with Crippen molar-refractivity contribution in [3.05, 3.63) is 82.3 Å². The first-order chi connectivity index (χ1) is 15.0. The van der Waals surface area contributed by atoms with Gasteiger partial charge in [-0.3, -0.25) is 4.55 Å². The van der Waals surface area contributed by atoms with Gasteiger partial charge in [0.15, 0.2) is 0 Å². The zero-order chi connectivity index (χ0) is 23.6. The highest BCUT2D eigenvalue weighted by Crippen LogP contribution is 2.30. The van der Waals surface area contributed by atoms with Crippen molar-refractivity contribution in [2.45, 2.75) is 4.90 Å². The van der Waals surface area contributed by atoms with Crippen LogP contribution in [-0.2, 0) is 10.1 Å². The number of rotatable bonds is 5. The molecule has 7 nitrogen and oxygen atoms in total. The molecule has 3 aromatic carbocycles. The van der Waals surface area contributed by atoms with E-state index in [1.54, 1.807) is 69.4 Å². The van der Waals surface area contributed by atoms with Crippen molar-refractivity contribution >= 4 is 89.8 Å². The number of hydrogen-bond acceptors (Lipinski definition) is 6. The third kappa shape index (κ3) is 5.95.